The first-order valence-corrected chi connectivity index (χ1v) is 9.95. The van der Waals surface area contributed by atoms with Crippen molar-refractivity contribution >= 4 is 18.5 Å². The number of carbonyl (C=O) groups excluding carboxylic acids is 1. The van der Waals surface area contributed by atoms with E-state index >= 15 is 0 Å². The van der Waals surface area contributed by atoms with Gasteiger partial charge in [-0.1, -0.05) is 6.07 Å². The number of carbonyl (C=O) groups is 1. The van der Waals surface area contributed by atoms with Crippen molar-refractivity contribution in [3.8, 4) is 5.75 Å². The van der Waals surface area contributed by atoms with Gasteiger partial charge in [0.25, 0.3) is 5.91 Å². The lowest BCUT2D eigenvalue weighted by atomic mass is 9.78. The maximum Gasteiger partial charge on any atom is 0.494 e. The molecule has 1 aromatic rings. The first-order valence-electron chi connectivity index (χ1n) is 9.95. The molecule has 0 saturated carbocycles. The fourth-order valence-corrected chi connectivity index (χ4v) is 3.63. The highest BCUT2D eigenvalue weighted by Crippen LogP contribution is 2.36. The van der Waals surface area contributed by atoms with E-state index in [4.69, 9.17) is 14.0 Å². The molecule has 1 unspecified atom stereocenters. The van der Waals surface area contributed by atoms with Gasteiger partial charge in [0, 0.05) is 19.1 Å². The molecule has 2 aliphatic rings. The first-order chi connectivity index (χ1) is 13.8. The molecule has 1 N–H and O–H groups in total. The maximum absolute atomic E-state index is 12.7. The summed E-state index contributed by atoms with van der Waals surface area (Å²) in [6.07, 6.45) is -3.78. The van der Waals surface area contributed by atoms with E-state index in [0.717, 1.165) is 5.46 Å². The average molecular weight is 428 g/mol. The number of hydrogen-bond donors (Lipinski definition) is 1. The number of nitrogens with zero attached hydrogens (tertiary/aromatic N) is 1. The molecule has 1 aromatic carbocycles. The molecule has 0 aromatic heterocycles. The molecular weight excluding hydrogens is 400 g/mol. The largest absolute Gasteiger partial charge is 0.496 e. The smallest absolute Gasteiger partial charge is 0.494 e. The third-order valence-corrected chi connectivity index (χ3v) is 6.01. The summed E-state index contributed by atoms with van der Waals surface area (Å²) in [7, 11) is 0.868. The van der Waals surface area contributed by atoms with Gasteiger partial charge in [-0.05, 0) is 51.7 Å². The predicted molar refractivity (Wildman–Crippen MR) is 107 cm³/mol. The van der Waals surface area contributed by atoms with Crippen molar-refractivity contribution in [1.29, 1.82) is 0 Å². The number of amides is 1. The molecule has 10 heteroatoms. The zero-order chi connectivity index (χ0) is 22.3. The van der Waals surface area contributed by atoms with E-state index in [1.807, 2.05) is 27.7 Å². The van der Waals surface area contributed by atoms with Crippen LogP contribution in [0.2, 0.25) is 0 Å². The molecule has 0 radical (unpaired) electrons. The van der Waals surface area contributed by atoms with Crippen LogP contribution in [-0.2, 0) is 9.31 Å². The topological polar surface area (TPSA) is 60.0 Å². The lowest BCUT2D eigenvalue weighted by Crippen LogP contribution is -2.41. The van der Waals surface area contributed by atoms with Crippen molar-refractivity contribution in [3.05, 3.63) is 23.8 Å². The molecule has 2 heterocycles. The second-order valence-electron chi connectivity index (χ2n) is 8.86. The summed E-state index contributed by atoms with van der Waals surface area (Å²) in [5, 5.41) is 2.81. The summed E-state index contributed by atoms with van der Waals surface area (Å²) in [4.78, 5) is 14.0. The van der Waals surface area contributed by atoms with Gasteiger partial charge in [0.1, 0.15) is 5.75 Å². The summed E-state index contributed by atoms with van der Waals surface area (Å²) in [6.45, 7) is 7.31. The number of benzene rings is 1. The van der Waals surface area contributed by atoms with Gasteiger partial charge in [0.05, 0.1) is 30.4 Å². The van der Waals surface area contributed by atoms with E-state index in [-0.39, 0.29) is 18.5 Å². The summed E-state index contributed by atoms with van der Waals surface area (Å²) in [5.74, 6) is -0.0315. The minimum absolute atomic E-state index is 0.166. The van der Waals surface area contributed by atoms with Gasteiger partial charge in [-0.15, -0.1) is 0 Å². The van der Waals surface area contributed by atoms with Crippen LogP contribution in [0.5, 0.6) is 5.75 Å². The van der Waals surface area contributed by atoms with Gasteiger partial charge < -0.3 is 19.4 Å². The Morgan fingerprint density at radius 3 is 2.47 bits per heavy atom. The normalized spacial score (nSPS) is 23.6. The minimum atomic E-state index is -4.24. The lowest BCUT2D eigenvalue weighted by Gasteiger charge is -2.32. The Balaban J connectivity index is 1.68. The van der Waals surface area contributed by atoms with E-state index in [9.17, 15) is 18.0 Å². The minimum Gasteiger partial charge on any atom is -0.496 e. The zero-order valence-electron chi connectivity index (χ0n) is 17.9. The second-order valence-corrected chi connectivity index (χ2v) is 8.86. The molecule has 6 nitrogen and oxygen atoms in total. The monoisotopic (exact) mass is 428 g/mol. The predicted octanol–water partition coefficient (Wildman–Crippen LogP) is 2.36. The summed E-state index contributed by atoms with van der Waals surface area (Å²) < 4.78 is 55.1. The highest BCUT2D eigenvalue weighted by molar-refractivity contribution is 6.62. The molecule has 30 heavy (non-hydrogen) atoms. The van der Waals surface area contributed by atoms with Crippen molar-refractivity contribution in [3.63, 3.8) is 0 Å². The Morgan fingerprint density at radius 1 is 1.27 bits per heavy atom. The van der Waals surface area contributed by atoms with Crippen LogP contribution in [0.15, 0.2) is 18.2 Å². The van der Waals surface area contributed by atoms with Crippen LogP contribution in [0, 0.1) is 0 Å². The molecule has 2 fully saturated rings. The van der Waals surface area contributed by atoms with E-state index in [0.29, 0.717) is 24.3 Å². The average Bonchev–Trinajstić information content (AvgIpc) is 3.13. The second kappa shape index (κ2) is 8.05. The van der Waals surface area contributed by atoms with Gasteiger partial charge in [-0.2, -0.15) is 13.2 Å². The number of likely N-dealkylation sites (tertiary alicyclic amines) is 1. The first kappa shape index (κ1) is 22.9. The molecule has 1 amide bonds. The van der Waals surface area contributed by atoms with Crippen LogP contribution < -0.4 is 15.5 Å². The molecule has 2 aliphatic heterocycles. The number of ether oxygens (including phenoxy) is 1. The van der Waals surface area contributed by atoms with Crippen LogP contribution in [0.1, 0.15) is 44.5 Å². The zero-order valence-corrected chi connectivity index (χ0v) is 17.9. The number of alkyl halides is 3. The Bertz CT molecular complexity index is 785. The Kier molecular flexibility index (Phi) is 6.15. The van der Waals surface area contributed by atoms with Crippen molar-refractivity contribution in [2.75, 3.05) is 26.7 Å². The summed E-state index contributed by atoms with van der Waals surface area (Å²) in [6, 6.07) is 4.72. The highest BCUT2D eigenvalue weighted by atomic mass is 19.4. The van der Waals surface area contributed by atoms with Gasteiger partial charge in [0.15, 0.2) is 0 Å². The van der Waals surface area contributed by atoms with Crippen molar-refractivity contribution in [2.24, 2.45) is 0 Å². The molecule has 2 saturated heterocycles. The third kappa shape index (κ3) is 4.92. The fourth-order valence-electron chi connectivity index (χ4n) is 3.63. The number of halogens is 3. The molecule has 0 aliphatic carbocycles. The van der Waals surface area contributed by atoms with Gasteiger partial charge in [-0.25, -0.2) is 0 Å². The Labute approximate surface area is 175 Å². The van der Waals surface area contributed by atoms with Crippen LogP contribution in [0.4, 0.5) is 13.2 Å². The standard InChI is InChI=1S/C20H28BF3N2O4/c1-18(2)19(3,4)30-21(29-18)13-6-7-15(16(10-13)28-5)17(27)25-14-8-9-26(11-14)12-20(22,23)24/h6-7,10,14H,8-9,11-12H2,1-5H3,(H,25,27). The molecule has 0 bridgehead atoms. The summed E-state index contributed by atoms with van der Waals surface area (Å²) >= 11 is 0. The fraction of sp³-hybridized carbons (Fsp3) is 0.650. The SMILES string of the molecule is COc1cc(B2OC(C)(C)C(C)(C)O2)ccc1C(=O)NC1CCN(CC(F)(F)F)C1. The molecule has 0 spiro atoms. The third-order valence-electron chi connectivity index (χ3n) is 6.01. The van der Waals surface area contributed by atoms with Crippen LogP contribution in [-0.4, -0.2) is 68.1 Å². The molecule has 1 atom stereocenters. The molecule has 166 valence electrons. The molecular formula is C20H28BF3N2O4. The highest BCUT2D eigenvalue weighted by Gasteiger charge is 2.51. The van der Waals surface area contributed by atoms with E-state index in [1.54, 1.807) is 18.2 Å². The van der Waals surface area contributed by atoms with Crippen LogP contribution >= 0.6 is 0 Å². The van der Waals surface area contributed by atoms with Gasteiger partial charge >= 0.3 is 13.3 Å². The Hall–Kier alpha value is -1.78. The van der Waals surface area contributed by atoms with E-state index in [2.05, 4.69) is 5.32 Å². The maximum atomic E-state index is 12.7. The summed E-state index contributed by atoms with van der Waals surface area (Å²) in [5.41, 5.74) is 0.0449. The van der Waals surface area contributed by atoms with Crippen molar-refractivity contribution in [1.82, 2.24) is 10.2 Å². The van der Waals surface area contributed by atoms with Crippen LogP contribution in [0.3, 0.4) is 0 Å². The molecule has 3 rings (SSSR count). The quantitative estimate of drug-likeness (QED) is 0.730. The Morgan fingerprint density at radius 2 is 1.90 bits per heavy atom. The van der Waals surface area contributed by atoms with Crippen molar-refractivity contribution < 1.29 is 32.0 Å². The number of rotatable bonds is 5. The number of methoxy groups -OCH3 is 1. The van der Waals surface area contributed by atoms with Crippen LogP contribution in [0.25, 0.3) is 0 Å². The number of nitrogens with one attached hydrogen (secondary N) is 1. The number of hydrogen-bond acceptors (Lipinski definition) is 5. The van der Waals surface area contributed by atoms with Gasteiger partial charge in [-0.3, -0.25) is 9.69 Å². The van der Waals surface area contributed by atoms with E-state index in [1.165, 1.54) is 12.0 Å². The van der Waals surface area contributed by atoms with Crippen molar-refractivity contribution in [2.45, 2.75) is 57.5 Å². The van der Waals surface area contributed by atoms with E-state index < -0.39 is 31.0 Å². The van der Waals surface area contributed by atoms with Gasteiger partial charge in [0.2, 0.25) is 0 Å². The lowest BCUT2D eigenvalue weighted by molar-refractivity contribution is -0.143.